The molecule has 24 heavy (non-hydrogen) atoms. The molecule has 0 saturated heterocycles. The summed E-state index contributed by atoms with van der Waals surface area (Å²) in [7, 11) is 0. The van der Waals surface area contributed by atoms with Crippen molar-refractivity contribution in [3.63, 3.8) is 0 Å². The molecular formula is C18H21NO4S. The maximum Gasteiger partial charge on any atom is 0.347 e. The number of Topliss-reactive ketones (excluding diaryl/α,β-unsaturated/α-hetero) is 1. The molecule has 0 aliphatic heterocycles. The van der Waals surface area contributed by atoms with Crippen LogP contribution in [0.15, 0.2) is 18.2 Å². The maximum atomic E-state index is 12.3. The summed E-state index contributed by atoms with van der Waals surface area (Å²) in [6.45, 7) is 9.67. The van der Waals surface area contributed by atoms with E-state index in [1.54, 1.807) is 6.92 Å². The molecule has 0 unspecified atom stereocenters. The van der Waals surface area contributed by atoms with E-state index in [0.29, 0.717) is 11.4 Å². The van der Waals surface area contributed by atoms with Crippen LogP contribution in [0.25, 0.3) is 0 Å². The van der Waals surface area contributed by atoms with Gasteiger partial charge in [0, 0.05) is 0 Å². The molecule has 1 heterocycles. The predicted molar refractivity (Wildman–Crippen MR) is 93.5 cm³/mol. The number of carboxylic acids is 1. The highest BCUT2D eigenvalue weighted by Crippen LogP contribution is 2.32. The fraction of sp³-hybridized carbons (Fsp3) is 0.389. The molecule has 0 spiro atoms. The molecule has 0 radical (unpaired) electrons. The zero-order chi connectivity index (χ0) is 18.1. The molecule has 1 aromatic carbocycles. The molecule has 0 aliphatic carbocycles. The van der Waals surface area contributed by atoms with Gasteiger partial charge in [0.2, 0.25) is 5.78 Å². The Kier molecular flexibility index (Phi) is 5.08. The number of nitrogens with zero attached hydrogens (tertiary/aromatic N) is 1. The molecule has 0 bridgehead atoms. The molecular weight excluding hydrogens is 326 g/mol. The molecule has 128 valence electrons. The summed E-state index contributed by atoms with van der Waals surface area (Å²) >= 11 is 0.883. The highest BCUT2D eigenvalue weighted by atomic mass is 32.1. The van der Waals surface area contributed by atoms with Crippen molar-refractivity contribution in [2.45, 2.75) is 40.0 Å². The van der Waals surface area contributed by atoms with E-state index >= 15 is 0 Å². The van der Waals surface area contributed by atoms with Crippen molar-refractivity contribution in [1.29, 1.82) is 0 Å². The Balaban J connectivity index is 2.18. The van der Waals surface area contributed by atoms with Gasteiger partial charge in [-0.1, -0.05) is 38.5 Å². The number of aromatic nitrogens is 1. The lowest BCUT2D eigenvalue weighted by Crippen LogP contribution is -2.17. The van der Waals surface area contributed by atoms with Gasteiger partial charge in [-0.25, -0.2) is 9.78 Å². The number of hydrogen-bond acceptors (Lipinski definition) is 5. The number of aromatic carboxylic acids is 1. The van der Waals surface area contributed by atoms with E-state index < -0.39 is 5.97 Å². The Labute approximate surface area is 145 Å². The lowest BCUT2D eigenvalue weighted by Gasteiger charge is -2.23. The van der Waals surface area contributed by atoms with Gasteiger partial charge in [-0.3, -0.25) is 4.79 Å². The highest BCUT2D eigenvalue weighted by Gasteiger charge is 2.22. The third-order valence-corrected chi connectivity index (χ3v) is 4.72. The molecule has 6 heteroatoms. The molecule has 1 N–H and O–H groups in total. The van der Waals surface area contributed by atoms with Crippen LogP contribution in [-0.2, 0) is 5.41 Å². The van der Waals surface area contributed by atoms with Crippen LogP contribution in [0.4, 0.5) is 0 Å². The van der Waals surface area contributed by atoms with E-state index in [0.717, 1.165) is 22.5 Å². The molecule has 5 nitrogen and oxygen atoms in total. The predicted octanol–water partition coefficient (Wildman–Crippen LogP) is 4.02. The molecule has 0 atom stereocenters. The number of hydrogen-bond donors (Lipinski definition) is 1. The number of carbonyl (C=O) groups is 2. The van der Waals surface area contributed by atoms with Gasteiger partial charge in [-0.2, -0.15) is 0 Å². The van der Waals surface area contributed by atoms with Gasteiger partial charge in [0.1, 0.15) is 10.6 Å². The Bertz CT molecular complexity index is 787. The SMILES string of the molecule is Cc1ccc(OCC(=O)c2nc(C)c(C(=O)O)s2)c(C(C)(C)C)c1. The van der Waals surface area contributed by atoms with E-state index in [1.807, 2.05) is 19.1 Å². The Morgan fingerprint density at radius 3 is 2.46 bits per heavy atom. The summed E-state index contributed by atoms with van der Waals surface area (Å²) in [6.07, 6.45) is 0. The Morgan fingerprint density at radius 2 is 1.92 bits per heavy atom. The summed E-state index contributed by atoms with van der Waals surface area (Å²) in [5, 5.41) is 9.21. The first-order chi connectivity index (χ1) is 11.1. The van der Waals surface area contributed by atoms with Crippen LogP contribution in [0.2, 0.25) is 0 Å². The van der Waals surface area contributed by atoms with Crippen molar-refractivity contribution in [3.05, 3.63) is 44.9 Å². The van der Waals surface area contributed by atoms with Gasteiger partial charge in [0.15, 0.2) is 11.6 Å². The average Bonchev–Trinajstić information content (AvgIpc) is 2.87. The average molecular weight is 347 g/mol. The first-order valence-electron chi connectivity index (χ1n) is 7.57. The summed E-state index contributed by atoms with van der Waals surface area (Å²) in [4.78, 5) is 27.4. The third-order valence-electron chi connectivity index (χ3n) is 3.53. The van der Waals surface area contributed by atoms with Gasteiger partial charge >= 0.3 is 5.97 Å². The van der Waals surface area contributed by atoms with Crippen molar-refractivity contribution in [2.24, 2.45) is 0 Å². The van der Waals surface area contributed by atoms with E-state index in [2.05, 4.69) is 31.8 Å². The fourth-order valence-corrected chi connectivity index (χ4v) is 3.10. The van der Waals surface area contributed by atoms with Gasteiger partial charge in [0.25, 0.3) is 0 Å². The zero-order valence-corrected chi connectivity index (χ0v) is 15.3. The summed E-state index contributed by atoms with van der Waals surface area (Å²) in [6, 6.07) is 5.85. The number of thiazole rings is 1. The lowest BCUT2D eigenvalue weighted by molar-refractivity contribution is 0.0701. The number of ether oxygens (including phenoxy) is 1. The smallest absolute Gasteiger partial charge is 0.347 e. The Hall–Kier alpha value is -2.21. The van der Waals surface area contributed by atoms with Gasteiger partial charge in [-0.15, -0.1) is 11.3 Å². The first kappa shape index (κ1) is 18.1. The quantitative estimate of drug-likeness (QED) is 0.827. The zero-order valence-electron chi connectivity index (χ0n) is 14.5. The minimum Gasteiger partial charge on any atom is -0.485 e. The van der Waals surface area contributed by atoms with E-state index in [9.17, 15) is 9.59 Å². The number of carbonyl (C=O) groups excluding carboxylic acids is 1. The second-order valence-electron chi connectivity index (χ2n) is 6.70. The summed E-state index contributed by atoms with van der Waals surface area (Å²) in [5.74, 6) is -0.734. The molecule has 0 fully saturated rings. The maximum absolute atomic E-state index is 12.3. The number of rotatable bonds is 5. The monoisotopic (exact) mass is 347 g/mol. The minimum absolute atomic E-state index is 0.0871. The van der Waals surface area contributed by atoms with Crippen LogP contribution in [0.5, 0.6) is 5.75 Å². The standard InChI is InChI=1S/C18H21NO4S/c1-10-6-7-14(12(8-10)18(3,4)5)23-9-13(20)16-19-11(2)15(24-16)17(21)22/h6-8H,9H2,1-5H3,(H,21,22). The van der Waals surface area contributed by atoms with Crippen molar-refractivity contribution in [3.8, 4) is 5.75 Å². The second-order valence-corrected chi connectivity index (χ2v) is 7.70. The van der Waals surface area contributed by atoms with E-state index in [1.165, 1.54) is 0 Å². The second kappa shape index (κ2) is 6.73. The van der Waals surface area contributed by atoms with Crippen LogP contribution in [0.3, 0.4) is 0 Å². The van der Waals surface area contributed by atoms with Gasteiger partial charge in [-0.05, 0) is 30.9 Å². The number of benzene rings is 1. The minimum atomic E-state index is -1.07. The van der Waals surface area contributed by atoms with Crippen LogP contribution < -0.4 is 4.74 Å². The van der Waals surface area contributed by atoms with Crippen LogP contribution in [0.1, 0.15) is 57.1 Å². The molecule has 0 saturated carbocycles. The van der Waals surface area contributed by atoms with Crippen LogP contribution >= 0.6 is 11.3 Å². The normalized spacial score (nSPS) is 11.4. The number of carboxylic acid groups (broad SMARTS) is 1. The van der Waals surface area contributed by atoms with Crippen molar-refractivity contribution in [2.75, 3.05) is 6.61 Å². The Morgan fingerprint density at radius 1 is 1.25 bits per heavy atom. The van der Waals surface area contributed by atoms with Crippen molar-refractivity contribution < 1.29 is 19.4 Å². The molecule has 2 rings (SSSR count). The van der Waals surface area contributed by atoms with Crippen LogP contribution in [0, 0.1) is 13.8 Å². The number of ketones is 1. The fourth-order valence-electron chi connectivity index (χ4n) is 2.27. The van der Waals surface area contributed by atoms with E-state index in [-0.39, 0.29) is 27.7 Å². The molecule has 2 aromatic rings. The van der Waals surface area contributed by atoms with Gasteiger partial charge in [0.05, 0.1) is 5.69 Å². The molecule has 0 aliphatic rings. The van der Waals surface area contributed by atoms with Crippen molar-refractivity contribution in [1.82, 2.24) is 4.98 Å². The topological polar surface area (TPSA) is 76.5 Å². The van der Waals surface area contributed by atoms with Gasteiger partial charge < -0.3 is 9.84 Å². The molecule has 1 aromatic heterocycles. The van der Waals surface area contributed by atoms with Crippen molar-refractivity contribution >= 4 is 23.1 Å². The highest BCUT2D eigenvalue weighted by molar-refractivity contribution is 7.15. The summed E-state index contributed by atoms with van der Waals surface area (Å²) < 4.78 is 5.71. The first-order valence-corrected chi connectivity index (χ1v) is 8.39. The molecule has 0 amide bonds. The summed E-state index contributed by atoms with van der Waals surface area (Å²) in [5.41, 5.74) is 2.39. The van der Waals surface area contributed by atoms with Crippen LogP contribution in [-0.4, -0.2) is 28.4 Å². The lowest BCUT2D eigenvalue weighted by atomic mass is 9.85. The number of aryl methyl sites for hydroxylation is 2. The third kappa shape index (κ3) is 4.00. The van der Waals surface area contributed by atoms with E-state index in [4.69, 9.17) is 9.84 Å². The largest absolute Gasteiger partial charge is 0.485 e.